The summed E-state index contributed by atoms with van der Waals surface area (Å²) in [5.74, 6) is -1.81. The third-order valence-corrected chi connectivity index (χ3v) is 6.97. The maximum absolute atomic E-state index is 13.3. The molecule has 0 fully saturated rings. The number of carbonyl (C=O) groups is 4. The van der Waals surface area contributed by atoms with E-state index in [-0.39, 0.29) is 50.9 Å². The summed E-state index contributed by atoms with van der Waals surface area (Å²) in [6.45, 7) is 7.63. The monoisotopic (exact) mass is 621 g/mol. The number of hydrogen-bond acceptors (Lipinski definition) is 7. The first-order valence-corrected chi connectivity index (χ1v) is 15.4. The lowest BCUT2D eigenvalue weighted by atomic mass is 9.98. The van der Waals surface area contributed by atoms with Crippen molar-refractivity contribution in [2.75, 3.05) is 19.8 Å². The molecule has 0 heterocycles. The van der Waals surface area contributed by atoms with Gasteiger partial charge in [0.1, 0.15) is 13.2 Å². The highest BCUT2D eigenvalue weighted by atomic mass is 16.5. The molecule has 2 aromatic rings. The number of aliphatic hydroxyl groups excluding tert-OH is 1. The minimum absolute atomic E-state index is 0.0229. The second-order valence-electron chi connectivity index (χ2n) is 10.8. The van der Waals surface area contributed by atoms with E-state index >= 15 is 0 Å². The lowest BCUT2D eigenvalue weighted by molar-refractivity contribution is -0.145. The topological polar surface area (TPSA) is 143 Å². The fourth-order valence-electron chi connectivity index (χ4n) is 4.54. The number of hydrogen-bond donors (Lipinski definition) is 4. The first kappa shape index (κ1) is 36.8. The van der Waals surface area contributed by atoms with Crippen LogP contribution in [0.4, 0.5) is 4.79 Å². The van der Waals surface area contributed by atoms with E-state index in [2.05, 4.69) is 29.1 Å². The first-order valence-electron chi connectivity index (χ1n) is 15.4. The Hall–Kier alpha value is -4.44. The van der Waals surface area contributed by atoms with E-state index in [0.29, 0.717) is 38.6 Å². The fraction of sp³-hybridized carbons (Fsp3) is 0.429. The van der Waals surface area contributed by atoms with Crippen LogP contribution in [0.15, 0.2) is 86.0 Å². The number of ether oxygens (including phenoxy) is 2. The van der Waals surface area contributed by atoms with Gasteiger partial charge in [0.2, 0.25) is 11.8 Å². The van der Waals surface area contributed by atoms with Crippen LogP contribution < -0.4 is 16.0 Å². The molecule has 45 heavy (non-hydrogen) atoms. The van der Waals surface area contributed by atoms with Crippen LogP contribution in [0.5, 0.6) is 0 Å². The maximum Gasteiger partial charge on any atom is 0.407 e. The molecule has 0 saturated carbocycles. The molecule has 3 atom stereocenters. The maximum atomic E-state index is 13.3. The summed E-state index contributed by atoms with van der Waals surface area (Å²) in [6.07, 6.45) is 5.72. The van der Waals surface area contributed by atoms with Crippen LogP contribution in [0.1, 0.15) is 56.1 Å². The van der Waals surface area contributed by atoms with Crippen LogP contribution in [0.25, 0.3) is 0 Å². The van der Waals surface area contributed by atoms with Crippen molar-refractivity contribution >= 4 is 23.9 Å². The van der Waals surface area contributed by atoms with E-state index in [0.717, 1.165) is 11.1 Å². The molecule has 0 aliphatic carbocycles. The lowest BCUT2D eigenvalue weighted by Gasteiger charge is -2.23. The fourth-order valence-corrected chi connectivity index (χ4v) is 4.54. The highest BCUT2D eigenvalue weighted by molar-refractivity contribution is 5.86. The molecule has 10 nitrogen and oxygen atoms in total. The summed E-state index contributed by atoms with van der Waals surface area (Å²) in [5, 5.41) is 18.3. The number of benzene rings is 2. The lowest BCUT2D eigenvalue weighted by Crippen LogP contribution is -2.45. The summed E-state index contributed by atoms with van der Waals surface area (Å²) in [5.41, 5.74) is 1.86. The van der Waals surface area contributed by atoms with Crippen molar-refractivity contribution in [3.63, 3.8) is 0 Å². The molecule has 0 aliphatic heterocycles. The Morgan fingerprint density at radius 1 is 0.844 bits per heavy atom. The molecule has 4 N–H and O–H groups in total. The van der Waals surface area contributed by atoms with Crippen LogP contribution in [0, 0.1) is 5.92 Å². The largest absolute Gasteiger partial charge is 0.463 e. The van der Waals surface area contributed by atoms with Crippen LogP contribution >= 0.6 is 0 Å². The van der Waals surface area contributed by atoms with Crippen LogP contribution in [-0.2, 0) is 36.9 Å². The number of esters is 1. The molecular formula is C35H47N3O7. The van der Waals surface area contributed by atoms with Crippen molar-refractivity contribution < 1.29 is 33.8 Å². The number of amides is 3. The Kier molecular flexibility index (Phi) is 18.1. The molecule has 0 spiro atoms. The number of nitrogens with one attached hydrogen (secondary N) is 3. The van der Waals surface area contributed by atoms with Gasteiger partial charge in [-0.3, -0.25) is 14.4 Å². The number of rotatable bonds is 22. The Bertz CT molecular complexity index is 1190. The van der Waals surface area contributed by atoms with Crippen molar-refractivity contribution in [3.05, 3.63) is 97.1 Å². The molecule has 0 aromatic heterocycles. The molecule has 2 aromatic carbocycles. The molecule has 10 heteroatoms. The van der Waals surface area contributed by atoms with E-state index in [1.54, 1.807) is 12.2 Å². The average molecular weight is 622 g/mol. The van der Waals surface area contributed by atoms with Gasteiger partial charge < -0.3 is 30.5 Å². The zero-order chi connectivity index (χ0) is 32.7. The highest BCUT2D eigenvalue weighted by Gasteiger charge is 2.25. The van der Waals surface area contributed by atoms with Gasteiger partial charge >= 0.3 is 12.1 Å². The number of alkyl carbamates (subject to hydrolysis) is 1. The molecule has 244 valence electrons. The predicted molar refractivity (Wildman–Crippen MR) is 173 cm³/mol. The van der Waals surface area contributed by atoms with Crippen LogP contribution in [-0.4, -0.2) is 60.8 Å². The summed E-state index contributed by atoms with van der Waals surface area (Å²) in [4.78, 5) is 50.3. The van der Waals surface area contributed by atoms with E-state index in [9.17, 15) is 24.3 Å². The highest BCUT2D eigenvalue weighted by Crippen LogP contribution is 2.13. The molecule has 0 unspecified atom stereocenters. The molecule has 3 amide bonds. The zero-order valence-electron chi connectivity index (χ0n) is 26.0. The van der Waals surface area contributed by atoms with Gasteiger partial charge in [-0.25, -0.2) is 4.79 Å². The Morgan fingerprint density at radius 2 is 1.53 bits per heavy atom. The second-order valence-corrected chi connectivity index (χ2v) is 10.8. The molecule has 0 saturated heterocycles. The Balaban J connectivity index is 1.88. The van der Waals surface area contributed by atoms with Gasteiger partial charge in [0.05, 0.1) is 24.6 Å². The quantitative estimate of drug-likeness (QED) is 0.0868. The summed E-state index contributed by atoms with van der Waals surface area (Å²) in [6, 6.07) is 17.9. The van der Waals surface area contributed by atoms with Gasteiger partial charge in [-0.05, 0) is 49.7 Å². The normalized spacial score (nSPS) is 12.6. The van der Waals surface area contributed by atoms with E-state index in [1.807, 2.05) is 60.7 Å². The number of allylic oxidation sites excluding steroid dienone is 2. The minimum Gasteiger partial charge on any atom is -0.463 e. The number of carbonyl (C=O) groups excluding carboxylic acids is 4. The van der Waals surface area contributed by atoms with Crippen molar-refractivity contribution in [1.82, 2.24) is 16.0 Å². The van der Waals surface area contributed by atoms with Crippen LogP contribution in [0.2, 0.25) is 0 Å². The Morgan fingerprint density at radius 3 is 2.18 bits per heavy atom. The molecule has 0 aliphatic rings. The van der Waals surface area contributed by atoms with Gasteiger partial charge in [-0.15, -0.1) is 13.2 Å². The Labute approximate surface area is 266 Å². The average Bonchev–Trinajstić information content (AvgIpc) is 3.05. The van der Waals surface area contributed by atoms with Crippen molar-refractivity contribution in [2.24, 2.45) is 5.92 Å². The van der Waals surface area contributed by atoms with Crippen molar-refractivity contribution in [3.8, 4) is 0 Å². The van der Waals surface area contributed by atoms with Gasteiger partial charge in [-0.2, -0.15) is 0 Å². The summed E-state index contributed by atoms with van der Waals surface area (Å²) >= 11 is 0. The first-order chi connectivity index (χ1) is 21.8. The van der Waals surface area contributed by atoms with Gasteiger partial charge in [0.25, 0.3) is 0 Å². The van der Waals surface area contributed by atoms with Crippen LogP contribution in [0.3, 0.4) is 0 Å². The smallest absolute Gasteiger partial charge is 0.407 e. The second kappa shape index (κ2) is 22.1. The number of unbranched alkanes of at least 4 members (excludes halogenated alkanes) is 1. The number of aliphatic hydroxyl groups is 1. The van der Waals surface area contributed by atoms with Gasteiger partial charge in [-0.1, -0.05) is 72.8 Å². The third-order valence-electron chi connectivity index (χ3n) is 6.97. The van der Waals surface area contributed by atoms with E-state index in [4.69, 9.17) is 9.47 Å². The third kappa shape index (κ3) is 16.3. The standard InChI is InChI=1S/C35H47N3O7/c1-3-5-20-33(41)44-26-30(19-12-13-21-36-35(43)45-25-28-17-10-7-11-18-28)38-34(42)29(14-4-2)23-32(40)37-31(24-39)22-27-15-8-6-9-16-27/h3-4,6-11,15-18,29-31,39H,1-2,5,12-14,19-26H2,(H,36,43)(H,37,40)(H,38,42)/t29-,30-,31+/m0/s1. The van der Waals surface area contributed by atoms with Gasteiger partial charge in [0, 0.05) is 19.4 Å². The van der Waals surface area contributed by atoms with Crippen molar-refractivity contribution in [1.29, 1.82) is 0 Å². The molecule has 0 radical (unpaired) electrons. The molecule has 0 bridgehead atoms. The van der Waals surface area contributed by atoms with Crippen molar-refractivity contribution in [2.45, 2.75) is 70.1 Å². The summed E-state index contributed by atoms with van der Waals surface area (Å²) < 4.78 is 10.6. The predicted octanol–water partition coefficient (Wildman–Crippen LogP) is 4.38. The zero-order valence-corrected chi connectivity index (χ0v) is 26.0. The summed E-state index contributed by atoms with van der Waals surface area (Å²) in [7, 11) is 0. The SMILES string of the molecule is C=CCCC(=O)OC[C@H](CCCCNC(=O)OCc1ccccc1)NC(=O)[C@@H](CC=C)CC(=O)N[C@@H](CO)Cc1ccccc1. The van der Waals surface area contributed by atoms with E-state index in [1.165, 1.54) is 0 Å². The molecule has 2 rings (SSSR count). The minimum atomic E-state index is -0.696. The van der Waals surface area contributed by atoms with E-state index < -0.39 is 30.1 Å². The molecular weight excluding hydrogens is 574 g/mol. The van der Waals surface area contributed by atoms with Gasteiger partial charge in [0.15, 0.2) is 0 Å².